The van der Waals surface area contributed by atoms with Crippen LogP contribution in [0.15, 0.2) is 23.1 Å². The van der Waals surface area contributed by atoms with Gasteiger partial charge >= 0.3 is 6.18 Å². The highest BCUT2D eigenvalue weighted by atomic mass is 32.2. The van der Waals surface area contributed by atoms with Crippen molar-refractivity contribution < 1.29 is 26.3 Å². The third-order valence-corrected chi connectivity index (χ3v) is 4.37. The monoisotopic (exact) mass is 311 g/mol. The second kappa shape index (κ2) is 6.45. The fraction of sp³-hybridized carbons (Fsp3) is 0.500. The maximum Gasteiger partial charge on any atom is 0.411 e. The molecule has 0 aliphatic rings. The molecule has 0 aliphatic carbocycles. The Bertz CT molecular complexity index is 556. The summed E-state index contributed by atoms with van der Waals surface area (Å²) in [5, 5.41) is 0. The van der Waals surface area contributed by atoms with E-state index in [0.29, 0.717) is 11.3 Å². The molecule has 0 radical (unpaired) electrons. The summed E-state index contributed by atoms with van der Waals surface area (Å²) < 4.78 is 63.7. The summed E-state index contributed by atoms with van der Waals surface area (Å²) in [5.41, 5.74) is 6.71. The van der Waals surface area contributed by atoms with Crippen LogP contribution >= 0.6 is 0 Å². The van der Waals surface area contributed by atoms with Crippen LogP contribution in [0.5, 0.6) is 0 Å². The van der Waals surface area contributed by atoms with E-state index in [2.05, 4.69) is 4.74 Å². The van der Waals surface area contributed by atoms with Crippen LogP contribution in [0.1, 0.15) is 12.0 Å². The summed E-state index contributed by atoms with van der Waals surface area (Å²) in [6, 6.07) is 4.32. The molecule has 0 heterocycles. The number of aryl methyl sites for hydroxylation is 1. The van der Waals surface area contributed by atoms with Crippen molar-refractivity contribution in [1.82, 2.24) is 0 Å². The van der Waals surface area contributed by atoms with Crippen molar-refractivity contribution in [1.29, 1.82) is 0 Å². The van der Waals surface area contributed by atoms with E-state index in [4.69, 9.17) is 5.73 Å². The van der Waals surface area contributed by atoms with Crippen LogP contribution in [0, 0.1) is 6.92 Å². The molecule has 0 saturated heterocycles. The van der Waals surface area contributed by atoms with Crippen LogP contribution in [0.3, 0.4) is 0 Å². The predicted octanol–water partition coefficient (Wildman–Crippen LogP) is 2.32. The van der Waals surface area contributed by atoms with Crippen LogP contribution in [-0.2, 0) is 14.6 Å². The minimum Gasteiger partial charge on any atom is -0.399 e. The molecule has 1 aromatic carbocycles. The van der Waals surface area contributed by atoms with Gasteiger partial charge in [-0.05, 0) is 37.1 Å². The Morgan fingerprint density at radius 2 is 1.95 bits per heavy atom. The zero-order valence-corrected chi connectivity index (χ0v) is 11.7. The number of ether oxygens (including phenoxy) is 1. The summed E-state index contributed by atoms with van der Waals surface area (Å²) >= 11 is 0. The van der Waals surface area contributed by atoms with Gasteiger partial charge in [-0.3, -0.25) is 0 Å². The van der Waals surface area contributed by atoms with Gasteiger partial charge in [0.2, 0.25) is 0 Å². The van der Waals surface area contributed by atoms with E-state index in [1.807, 2.05) is 0 Å². The summed E-state index contributed by atoms with van der Waals surface area (Å²) in [6.07, 6.45) is -4.39. The van der Waals surface area contributed by atoms with Gasteiger partial charge in [0, 0.05) is 12.3 Å². The number of hydrogen-bond acceptors (Lipinski definition) is 4. The van der Waals surface area contributed by atoms with Gasteiger partial charge < -0.3 is 10.5 Å². The number of hydrogen-bond donors (Lipinski definition) is 1. The molecule has 0 unspecified atom stereocenters. The van der Waals surface area contributed by atoms with Gasteiger partial charge in [-0.1, -0.05) is 0 Å². The second-order valence-electron chi connectivity index (χ2n) is 4.36. The molecule has 2 N–H and O–H groups in total. The minimum absolute atomic E-state index is 0.00182. The minimum atomic E-state index is -4.40. The molecule has 0 amide bonds. The van der Waals surface area contributed by atoms with E-state index in [1.165, 1.54) is 18.2 Å². The zero-order valence-electron chi connectivity index (χ0n) is 10.9. The second-order valence-corrected chi connectivity index (χ2v) is 6.47. The summed E-state index contributed by atoms with van der Waals surface area (Å²) in [5.74, 6) is -0.270. The van der Waals surface area contributed by atoms with Crippen LogP contribution in [-0.4, -0.2) is 33.6 Å². The average molecular weight is 311 g/mol. The van der Waals surface area contributed by atoms with Gasteiger partial charge in [0.15, 0.2) is 9.84 Å². The van der Waals surface area contributed by atoms with Crippen molar-refractivity contribution in [3.05, 3.63) is 23.8 Å². The lowest BCUT2D eigenvalue weighted by atomic mass is 10.2. The smallest absolute Gasteiger partial charge is 0.399 e. The molecular weight excluding hydrogens is 295 g/mol. The summed E-state index contributed by atoms with van der Waals surface area (Å²) in [6.45, 7) is 0.0571. The quantitative estimate of drug-likeness (QED) is 0.646. The van der Waals surface area contributed by atoms with Gasteiger partial charge in [0.05, 0.1) is 10.6 Å². The number of anilines is 1. The number of sulfone groups is 1. The standard InChI is InChI=1S/C12H16F3NO3S/c1-9-7-10(3-4-11(9)16)20(17,18)6-2-5-19-8-12(13,14)15/h3-4,7H,2,5-6,8,16H2,1H3. The van der Waals surface area contributed by atoms with Crippen LogP contribution in [0.2, 0.25) is 0 Å². The first kappa shape index (κ1) is 16.8. The molecule has 0 bridgehead atoms. The number of alkyl halides is 3. The highest BCUT2D eigenvalue weighted by Gasteiger charge is 2.27. The Balaban J connectivity index is 2.52. The number of nitrogen functional groups attached to an aromatic ring is 1. The first-order valence-corrected chi connectivity index (χ1v) is 7.50. The van der Waals surface area contributed by atoms with E-state index < -0.39 is 22.6 Å². The Morgan fingerprint density at radius 1 is 1.30 bits per heavy atom. The number of rotatable bonds is 6. The topological polar surface area (TPSA) is 69.4 Å². The summed E-state index contributed by atoms with van der Waals surface area (Å²) in [4.78, 5) is 0.111. The van der Waals surface area contributed by atoms with E-state index in [9.17, 15) is 21.6 Å². The lowest BCUT2D eigenvalue weighted by Crippen LogP contribution is -2.18. The van der Waals surface area contributed by atoms with E-state index >= 15 is 0 Å². The Hall–Kier alpha value is -1.28. The van der Waals surface area contributed by atoms with E-state index in [0.717, 1.165) is 0 Å². The molecular formula is C12H16F3NO3S. The molecule has 0 atom stereocenters. The number of halogens is 3. The van der Waals surface area contributed by atoms with Gasteiger partial charge in [0.25, 0.3) is 0 Å². The summed E-state index contributed by atoms with van der Waals surface area (Å²) in [7, 11) is -3.53. The molecule has 0 saturated carbocycles. The Kier molecular flexibility index (Phi) is 5.41. The maximum absolute atomic E-state index is 11.9. The fourth-order valence-electron chi connectivity index (χ4n) is 1.50. The lowest BCUT2D eigenvalue weighted by molar-refractivity contribution is -0.173. The first-order valence-electron chi connectivity index (χ1n) is 5.85. The van der Waals surface area contributed by atoms with E-state index in [1.54, 1.807) is 6.92 Å². The van der Waals surface area contributed by atoms with Gasteiger partial charge in [-0.25, -0.2) is 8.42 Å². The van der Waals surface area contributed by atoms with Crippen molar-refractivity contribution in [3.63, 3.8) is 0 Å². The predicted molar refractivity (Wildman–Crippen MR) is 69.1 cm³/mol. The molecule has 0 aromatic heterocycles. The zero-order chi connectivity index (χ0) is 15.4. The maximum atomic E-state index is 11.9. The van der Waals surface area contributed by atoms with Crippen LogP contribution < -0.4 is 5.73 Å². The molecule has 8 heteroatoms. The molecule has 1 aromatic rings. The van der Waals surface area contributed by atoms with Crippen molar-refractivity contribution in [3.8, 4) is 0 Å². The molecule has 0 spiro atoms. The molecule has 0 aliphatic heterocycles. The van der Waals surface area contributed by atoms with Crippen LogP contribution in [0.4, 0.5) is 18.9 Å². The van der Waals surface area contributed by atoms with Crippen molar-refractivity contribution in [2.45, 2.75) is 24.4 Å². The third kappa shape index (κ3) is 5.38. The third-order valence-electron chi connectivity index (χ3n) is 2.57. The first-order chi connectivity index (χ1) is 9.12. The molecule has 4 nitrogen and oxygen atoms in total. The van der Waals surface area contributed by atoms with Crippen molar-refractivity contribution in [2.75, 3.05) is 24.7 Å². The van der Waals surface area contributed by atoms with Gasteiger partial charge in [-0.2, -0.15) is 13.2 Å². The Morgan fingerprint density at radius 3 is 2.50 bits per heavy atom. The highest BCUT2D eigenvalue weighted by molar-refractivity contribution is 7.91. The van der Waals surface area contributed by atoms with Gasteiger partial charge in [0.1, 0.15) is 6.61 Å². The fourth-order valence-corrected chi connectivity index (χ4v) is 2.86. The normalized spacial score (nSPS) is 12.6. The van der Waals surface area contributed by atoms with Gasteiger partial charge in [-0.15, -0.1) is 0 Å². The van der Waals surface area contributed by atoms with Crippen LogP contribution in [0.25, 0.3) is 0 Å². The lowest BCUT2D eigenvalue weighted by Gasteiger charge is -2.09. The van der Waals surface area contributed by atoms with E-state index in [-0.39, 0.29) is 23.7 Å². The molecule has 0 fully saturated rings. The largest absolute Gasteiger partial charge is 0.411 e. The van der Waals surface area contributed by atoms with Crippen molar-refractivity contribution in [2.24, 2.45) is 0 Å². The highest BCUT2D eigenvalue weighted by Crippen LogP contribution is 2.19. The number of nitrogens with two attached hydrogens (primary N) is 1. The molecule has 1 rings (SSSR count). The SMILES string of the molecule is Cc1cc(S(=O)(=O)CCCOCC(F)(F)F)ccc1N. The average Bonchev–Trinajstić information content (AvgIpc) is 2.30. The molecule has 114 valence electrons. The molecule has 20 heavy (non-hydrogen) atoms. The Labute approximate surface area is 115 Å². The van der Waals surface area contributed by atoms with Crippen molar-refractivity contribution >= 4 is 15.5 Å². The number of benzene rings is 1.